The van der Waals surface area contributed by atoms with Gasteiger partial charge in [-0.1, -0.05) is 23.7 Å². The Hall–Kier alpha value is -1.56. The number of halogens is 1. The number of benzene rings is 1. The minimum atomic E-state index is 0.193. The second-order valence-corrected chi connectivity index (χ2v) is 6.40. The summed E-state index contributed by atoms with van der Waals surface area (Å²) in [6, 6.07) is 11.7. The molecule has 0 unspecified atom stereocenters. The highest BCUT2D eigenvalue weighted by Crippen LogP contribution is 2.25. The number of nitrogens with zero attached hydrogens (tertiary/aromatic N) is 1. The molecule has 1 aliphatic rings. The third-order valence-corrected chi connectivity index (χ3v) is 4.61. The van der Waals surface area contributed by atoms with E-state index in [2.05, 4.69) is 15.5 Å². The van der Waals surface area contributed by atoms with E-state index in [1.807, 2.05) is 36.4 Å². The fraction of sp³-hybridized carbons (Fsp3) is 0.353. The van der Waals surface area contributed by atoms with Crippen LogP contribution in [0.25, 0.3) is 0 Å². The molecule has 0 spiro atoms. The van der Waals surface area contributed by atoms with Crippen molar-refractivity contribution in [3.63, 3.8) is 0 Å². The van der Waals surface area contributed by atoms with E-state index >= 15 is 0 Å². The zero-order valence-electron chi connectivity index (χ0n) is 12.8. The van der Waals surface area contributed by atoms with Crippen LogP contribution in [0.1, 0.15) is 24.6 Å². The molecule has 0 saturated carbocycles. The summed E-state index contributed by atoms with van der Waals surface area (Å²) in [5, 5.41) is 7.64. The quantitative estimate of drug-likeness (QED) is 0.797. The van der Waals surface area contributed by atoms with Gasteiger partial charge in [-0.25, -0.2) is 0 Å². The summed E-state index contributed by atoms with van der Waals surface area (Å²) in [7, 11) is 0. The average molecular weight is 350 g/mol. The van der Waals surface area contributed by atoms with Crippen LogP contribution in [0.15, 0.2) is 47.1 Å². The lowest BCUT2D eigenvalue weighted by Gasteiger charge is -2.26. The number of hydrogen-bond acceptors (Lipinski definition) is 3. The first-order chi connectivity index (χ1) is 11.2. The van der Waals surface area contributed by atoms with E-state index in [9.17, 15) is 0 Å². The summed E-state index contributed by atoms with van der Waals surface area (Å²) in [5.74, 6) is 0.972. The summed E-state index contributed by atoms with van der Waals surface area (Å²) in [6.07, 6.45) is 4.19. The monoisotopic (exact) mass is 349 g/mol. The molecule has 2 N–H and O–H groups in total. The second-order valence-electron chi connectivity index (χ2n) is 5.59. The SMILES string of the molecule is S=C(NC[C@H](c1ccco1)N1CCCC1)Nc1ccccc1Cl. The van der Waals surface area contributed by atoms with Crippen molar-refractivity contribution in [1.82, 2.24) is 10.2 Å². The van der Waals surface area contributed by atoms with Gasteiger partial charge in [0.1, 0.15) is 5.76 Å². The number of thiocarbonyl (C=S) groups is 1. The molecule has 0 radical (unpaired) electrons. The molecule has 23 heavy (non-hydrogen) atoms. The van der Waals surface area contributed by atoms with Gasteiger partial charge in [-0.15, -0.1) is 0 Å². The second kappa shape index (κ2) is 7.81. The molecule has 1 atom stereocenters. The van der Waals surface area contributed by atoms with Crippen LogP contribution in [-0.2, 0) is 0 Å². The van der Waals surface area contributed by atoms with Crippen molar-refractivity contribution >= 4 is 34.6 Å². The van der Waals surface area contributed by atoms with Gasteiger partial charge in [-0.2, -0.15) is 0 Å². The smallest absolute Gasteiger partial charge is 0.170 e. The van der Waals surface area contributed by atoms with Crippen LogP contribution in [0.3, 0.4) is 0 Å². The van der Waals surface area contributed by atoms with Crippen LogP contribution in [-0.4, -0.2) is 29.6 Å². The molecule has 0 bridgehead atoms. The van der Waals surface area contributed by atoms with Crippen molar-refractivity contribution in [3.05, 3.63) is 53.4 Å². The van der Waals surface area contributed by atoms with Gasteiger partial charge in [0, 0.05) is 6.54 Å². The normalized spacial score (nSPS) is 16.2. The molecular formula is C17H20ClN3OS. The average Bonchev–Trinajstić information content (AvgIpc) is 3.23. The topological polar surface area (TPSA) is 40.4 Å². The Balaban J connectivity index is 1.60. The van der Waals surface area contributed by atoms with Crippen molar-refractivity contribution in [2.45, 2.75) is 18.9 Å². The van der Waals surface area contributed by atoms with E-state index in [1.54, 1.807) is 6.26 Å². The maximum absolute atomic E-state index is 6.14. The molecule has 2 aromatic rings. The minimum absolute atomic E-state index is 0.193. The molecule has 1 saturated heterocycles. The molecule has 2 heterocycles. The Morgan fingerprint density at radius 2 is 2.00 bits per heavy atom. The molecule has 0 aliphatic carbocycles. The lowest BCUT2D eigenvalue weighted by atomic mass is 10.2. The van der Waals surface area contributed by atoms with E-state index < -0.39 is 0 Å². The molecule has 1 aromatic carbocycles. The highest BCUT2D eigenvalue weighted by molar-refractivity contribution is 7.80. The maximum atomic E-state index is 6.14. The molecule has 1 aromatic heterocycles. The molecule has 122 valence electrons. The Labute approximate surface area is 146 Å². The Kier molecular flexibility index (Phi) is 5.54. The van der Waals surface area contributed by atoms with Gasteiger partial charge in [0.05, 0.1) is 23.0 Å². The standard InChI is InChI=1S/C17H20ClN3OS/c18-13-6-1-2-7-14(13)20-17(23)19-12-15(16-8-5-11-22-16)21-9-3-4-10-21/h1-2,5-8,11,15H,3-4,9-10,12H2,(H2,19,20,23)/t15-/m1/s1. The summed E-state index contributed by atoms with van der Waals surface area (Å²) in [5.41, 5.74) is 0.808. The molecule has 4 nitrogen and oxygen atoms in total. The van der Waals surface area contributed by atoms with Crippen LogP contribution in [0.4, 0.5) is 5.69 Å². The number of hydrogen-bond donors (Lipinski definition) is 2. The number of furan rings is 1. The Morgan fingerprint density at radius 3 is 2.70 bits per heavy atom. The lowest BCUT2D eigenvalue weighted by Crippen LogP contribution is -2.38. The number of anilines is 1. The summed E-state index contributed by atoms with van der Waals surface area (Å²) >= 11 is 11.5. The molecule has 1 aliphatic heterocycles. The first-order valence-corrected chi connectivity index (χ1v) is 8.59. The van der Waals surface area contributed by atoms with Crippen molar-refractivity contribution in [2.24, 2.45) is 0 Å². The van der Waals surface area contributed by atoms with E-state index in [1.165, 1.54) is 12.8 Å². The molecule has 6 heteroatoms. The highest BCUT2D eigenvalue weighted by Gasteiger charge is 2.25. The van der Waals surface area contributed by atoms with Gasteiger partial charge in [0.25, 0.3) is 0 Å². The van der Waals surface area contributed by atoms with Crippen LogP contribution in [0.2, 0.25) is 5.02 Å². The van der Waals surface area contributed by atoms with Crippen LogP contribution in [0.5, 0.6) is 0 Å². The summed E-state index contributed by atoms with van der Waals surface area (Å²) in [4.78, 5) is 2.43. The number of nitrogens with one attached hydrogen (secondary N) is 2. The first-order valence-electron chi connectivity index (χ1n) is 7.81. The van der Waals surface area contributed by atoms with Gasteiger partial charge >= 0.3 is 0 Å². The minimum Gasteiger partial charge on any atom is -0.468 e. The van der Waals surface area contributed by atoms with Crippen LogP contribution < -0.4 is 10.6 Å². The van der Waals surface area contributed by atoms with Crippen molar-refractivity contribution in [3.8, 4) is 0 Å². The fourth-order valence-electron chi connectivity index (χ4n) is 2.86. The summed E-state index contributed by atoms with van der Waals surface area (Å²) < 4.78 is 5.61. The van der Waals surface area contributed by atoms with Gasteiger partial charge in [-0.3, -0.25) is 4.90 Å². The van der Waals surface area contributed by atoms with Crippen molar-refractivity contribution < 1.29 is 4.42 Å². The first kappa shape index (κ1) is 16.3. The molecule has 0 amide bonds. The van der Waals surface area contributed by atoms with Crippen LogP contribution in [0, 0.1) is 0 Å². The van der Waals surface area contributed by atoms with Gasteiger partial charge in [-0.05, 0) is 62.4 Å². The van der Waals surface area contributed by atoms with E-state index in [-0.39, 0.29) is 6.04 Å². The number of likely N-dealkylation sites (tertiary alicyclic amines) is 1. The number of para-hydroxylation sites is 1. The predicted octanol–water partition coefficient (Wildman–Crippen LogP) is 4.06. The lowest BCUT2D eigenvalue weighted by molar-refractivity contribution is 0.216. The predicted molar refractivity (Wildman–Crippen MR) is 97.9 cm³/mol. The third-order valence-electron chi connectivity index (χ3n) is 4.03. The maximum Gasteiger partial charge on any atom is 0.170 e. The van der Waals surface area contributed by atoms with Crippen molar-refractivity contribution in [2.75, 3.05) is 25.0 Å². The van der Waals surface area contributed by atoms with Gasteiger partial charge < -0.3 is 15.1 Å². The van der Waals surface area contributed by atoms with Crippen molar-refractivity contribution in [1.29, 1.82) is 0 Å². The zero-order chi connectivity index (χ0) is 16.1. The molecule has 3 rings (SSSR count). The zero-order valence-corrected chi connectivity index (χ0v) is 14.4. The Bertz CT molecular complexity index is 641. The molecule has 1 fully saturated rings. The molecular weight excluding hydrogens is 330 g/mol. The van der Waals surface area contributed by atoms with E-state index in [0.29, 0.717) is 16.7 Å². The third kappa shape index (κ3) is 4.25. The largest absolute Gasteiger partial charge is 0.468 e. The van der Waals surface area contributed by atoms with Gasteiger partial charge in [0.15, 0.2) is 5.11 Å². The summed E-state index contributed by atoms with van der Waals surface area (Å²) in [6.45, 7) is 2.89. The fourth-order valence-corrected chi connectivity index (χ4v) is 3.24. The highest BCUT2D eigenvalue weighted by atomic mass is 35.5. The van der Waals surface area contributed by atoms with E-state index in [0.717, 1.165) is 24.5 Å². The van der Waals surface area contributed by atoms with E-state index in [4.69, 9.17) is 28.2 Å². The number of rotatable bonds is 5. The van der Waals surface area contributed by atoms with Gasteiger partial charge in [0.2, 0.25) is 0 Å². The Morgan fingerprint density at radius 1 is 1.22 bits per heavy atom. The van der Waals surface area contributed by atoms with Crippen LogP contribution >= 0.6 is 23.8 Å².